The van der Waals surface area contributed by atoms with Crippen molar-refractivity contribution in [2.45, 2.75) is 56.8 Å². The van der Waals surface area contributed by atoms with E-state index in [4.69, 9.17) is 9.15 Å². The molecule has 1 aliphatic heterocycles. The van der Waals surface area contributed by atoms with Crippen LogP contribution in [0, 0.1) is 5.92 Å². The van der Waals surface area contributed by atoms with Crippen molar-refractivity contribution < 1.29 is 9.15 Å². The molecule has 0 N–H and O–H groups in total. The molecule has 1 aromatic heterocycles. The van der Waals surface area contributed by atoms with E-state index in [1.54, 1.807) is 0 Å². The summed E-state index contributed by atoms with van der Waals surface area (Å²) < 4.78 is 12.9. The highest BCUT2D eigenvalue weighted by Gasteiger charge is 2.41. The smallest absolute Gasteiger partial charge is 0.227 e. The van der Waals surface area contributed by atoms with E-state index in [1.807, 2.05) is 0 Å². The third-order valence-corrected chi connectivity index (χ3v) is 6.34. The van der Waals surface area contributed by atoms with E-state index < -0.39 is 0 Å². The fourth-order valence-corrected chi connectivity index (χ4v) is 4.55. The highest BCUT2D eigenvalue weighted by Crippen LogP contribution is 2.41. The maximum absolute atomic E-state index is 6.22. The van der Waals surface area contributed by atoms with E-state index in [-0.39, 0.29) is 5.41 Å². The molecule has 0 radical (unpaired) electrons. The average Bonchev–Trinajstić information content (AvgIpc) is 3.13. The molecule has 0 atom stereocenters. The minimum atomic E-state index is -0.212. The van der Waals surface area contributed by atoms with Gasteiger partial charge in [0.15, 0.2) is 0 Å². The lowest BCUT2D eigenvalue weighted by molar-refractivity contribution is 0.0539. The van der Waals surface area contributed by atoms with Crippen LogP contribution in [-0.2, 0) is 16.6 Å². The van der Waals surface area contributed by atoms with Gasteiger partial charge < -0.3 is 9.15 Å². The molecule has 0 unspecified atom stereocenters. The Morgan fingerprint density at radius 1 is 1.00 bits per heavy atom. The number of hydrogen-bond donors (Lipinski definition) is 0. The zero-order valence-corrected chi connectivity index (χ0v) is 16.1. The number of halogens is 1. The SMILES string of the molecule is Brc1ccc(C2(c3nnc(CC4CCCCC4)o3)CCOCC2)cc1. The van der Waals surface area contributed by atoms with Crippen LogP contribution in [0.25, 0.3) is 0 Å². The van der Waals surface area contributed by atoms with Crippen LogP contribution >= 0.6 is 15.9 Å². The molecule has 1 aliphatic carbocycles. The minimum Gasteiger partial charge on any atom is -0.424 e. The number of rotatable bonds is 4. The molecule has 4 rings (SSSR count). The average molecular weight is 405 g/mol. The lowest BCUT2D eigenvalue weighted by Gasteiger charge is -2.34. The predicted molar refractivity (Wildman–Crippen MR) is 99.6 cm³/mol. The van der Waals surface area contributed by atoms with Gasteiger partial charge >= 0.3 is 0 Å². The van der Waals surface area contributed by atoms with E-state index in [2.05, 4.69) is 50.4 Å². The van der Waals surface area contributed by atoms with Gasteiger partial charge in [0.2, 0.25) is 11.8 Å². The monoisotopic (exact) mass is 404 g/mol. The molecule has 0 bridgehead atoms. The number of hydrogen-bond acceptors (Lipinski definition) is 4. The first-order chi connectivity index (χ1) is 12.3. The number of aromatic nitrogens is 2. The maximum atomic E-state index is 6.22. The van der Waals surface area contributed by atoms with Crippen LogP contribution in [0.15, 0.2) is 33.2 Å². The van der Waals surface area contributed by atoms with Crippen molar-refractivity contribution in [3.63, 3.8) is 0 Å². The summed E-state index contributed by atoms with van der Waals surface area (Å²) in [4.78, 5) is 0. The summed E-state index contributed by atoms with van der Waals surface area (Å²) in [5.41, 5.74) is 1.03. The Balaban J connectivity index is 1.60. The molecule has 134 valence electrons. The summed E-state index contributed by atoms with van der Waals surface area (Å²) in [5, 5.41) is 8.90. The molecule has 1 aromatic carbocycles. The van der Waals surface area contributed by atoms with Crippen molar-refractivity contribution in [1.29, 1.82) is 0 Å². The Bertz CT molecular complexity index is 686. The van der Waals surface area contributed by atoms with Gasteiger partial charge in [-0.25, -0.2) is 0 Å². The minimum absolute atomic E-state index is 0.212. The maximum Gasteiger partial charge on any atom is 0.227 e. The standard InChI is InChI=1S/C20H25BrN2O2/c21-17-8-6-16(7-9-17)20(10-12-24-13-11-20)19-23-22-18(25-19)14-15-4-2-1-3-5-15/h6-9,15H,1-5,10-14H2. The van der Waals surface area contributed by atoms with Crippen LogP contribution in [0.5, 0.6) is 0 Å². The summed E-state index contributed by atoms with van der Waals surface area (Å²) in [6.45, 7) is 1.47. The molecule has 2 fully saturated rings. The molecule has 5 heteroatoms. The first-order valence-corrected chi connectivity index (χ1v) is 10.2. The second-order valence-corrected chi connectivity index (χ2v) is 8.33. The zero-order chi connectivity index (χ0) is 17.1. The van der Waals surface area contributed by atoms with Gasteiger partial charge in [-0.1, -0.05) is 47.3 Å². The van der Waals surface area contributed by atoms with Gasteiger partial charge in [-0.3, -0.25) is 0 Å². The van der Waals surface area contributed by atoms with Gasteiger partial charge in [0, 0.05) is 24.1 Å². The van der Waals surface area contributed by atoms with E-state index in [9.17, 15) is 0 Å². The highest BCUT2D eigenvalue weighted by molar-refractivity contribution is 9.10. The fraction of sp³-hybridized carbons (Fsp3) is 0.600. The molecule has 4 nitrogen and oxygen atoms in total. The Labute approximate surface area is 157 Å². The predicted octanol–water partition coefficient (Wildman–Crippen LogP) is 5.05. The third-order valence-electron chi connectivity index (χ3n) is 5.81. The quantitative estimate of drug-likeness (QED) is 0.714. The van der Waals surface area contributed by atoms with Crippen molar-refractivity contribution in [3.8, 4) is 0 Å². The van der Waals surface area contributed by atoms with Crippen LogP contribution in [0.3, 0.4) is 0 Å². The summed E-state index contributed by atoms with van der Waals surface area (Å²) in [6.07, 6.45) is 9.35. The summed E-state index contributed by atoms with van der Waals surface area (Å²) >= 11 is 3.53. The third kappa shape index (κ3) is 3.68. The Morgan fingerprint density at radius 3 is 2.44 bits per heavy atom. The Morgan fingerprint density at radius 2 is 1.72 bits per heavy atom. The fourth-order valence-electron chi connectivity index (χ4n) is 4.28. The molecule has 0 amide bonds. The summed E-state index contributed by atoms with van der Waals surface area (Å²) in [7, 11) is 0. The van der Waals surface area contributed by atoms with Crippen LogP contribution in [-0.4, -0.2) is 23.4 Å². The molecule has 0 spiro atoms. The van der Waals surface area contributed by atoms with E-state index in [0.29, 0.717) is 5.92 Å². The largest absolute Gasteiger partial charge is 0.424 e. The number of benzene rings is 1. The lowest BCUT2D eigenvalue weighted by Crippen LogP contribution is -2.35. The molecule has 2 aliphatic rings. The van der Waals surface area contributed by atoms with Crippen LogP contribution in [0.1, 0.15) is 62.3 Å². The lowest BCUT2D eigenvalue weighted by atomic mass is 9.74. The van der Waals surface area contributed by atoms with E-state index in [1.165, 1.54) is 37.7 Å². The van der Waals surface area contributed by atoms with Gasteiger partial charge in [-0.2, -0.15) is 0 Å². The molecule has 25 heavy (non-hydrogen) atoms. The van der Waals surface area contributed by atoms with Gasteiger partial charge in [-0.05, 0) is 49.3 Å². The van der Waals surface area contributed by atoms with Crippen molar-refractivity contribution in [2.24, 2.45) is 5.92 Å². The van der Waals surface area contributed by atoms with Crippen molar-refractivity contribution in [2.75, 3.05) is 13.2 Å². The summed E-state index contributed by atoms with van der Waals surface area (Å²) in [6, 6.07) is 8.51. The normalized spacial score (nSPS) is 21.3. The molecule has 1 saturated heterocycles. The number of ether oxygens (including phenoxy) is 1. The Hall–Kier alpha value is -1.20. The van der Waals surface area contributed by atoms with Crippen molar-refractivity contribution in [1.82, 2.24) is 10.2 Å². The topological polar surface area (TPSA) is 48.2 Å². The zero-order valence-electron chi connectivity index (χ0n) is 14.5. The van der Waals surface area contributed by atoms with Crippen LogP contribution < -0.4 is 0 Å². The Kier molecular flexibility index (Phi) is 5.23. The highest BCUT2D eigenvalue weighted by atomic mass is 79.9. The van der Waals surface area contributed by atoms with Crippen molar-refractivity contribution >= 4 is 15.9 Å². The van der Waals surface area contributed by atoms with E-state index in [0.717, 1.165) is 48.7 Å². The molecular formula is C20H25BrN2O2. The first kappa shape index (κ1) is 17.2. The second kappa shape index (κ2) is 7.58. The van der Waals surface area contributed by atoms with Gasteiger partial charge in [0.1, 0.15) is 0 Å². The second-order valence-electron chi connectivity index (χ2n) is 7.41. The van der Waals surface area contributed by atoms with Gasteiger partial charge in [-0.15, -0.1) is 10.2 Å². The van der Waals surface area contributed by atoms with Gasteiger partial charge in [0.25, 0.3) is 0 Å². The first-order valence-electron chi connectivity index (χ1n) is 9.43. The van der Waals surface area contributed by atoms with Crippen molar-refractivity contribution in [3.05, 3.63) is 46.1 Å². The number of nitrogens with zero attached hydrogens (tertiary/aromatic N) is 2. The molecule has 2 aromatic rings. The molecule has 2 heterocycles. The van der Waals surface area contributed by atoms with Crippen LogP contribution in [0.2, 0.25) is 0 Å². The summed E-state index contributed by atoms with van der Waals surface area (Å²) in [5.74, 6) is 2.29. The molecule has 1 saturated carbocycles. The van der Waals surface area contributed by atoms with E-state index >= 15 is 0 Å². The molecular weight excluding hydrogens is 380 g/mol. The van der Waals surface area contributed by atoms with Crippen LogP contribution in [0.4, 0.5) is 0 Å². The van der Waals surface area contributed by atoms with Gasteiger partial charge in [0.05, 0.1) is 5.41 Å².